The first-order valence-electron chi connectivity index (χ1n) is 7.23. The third-order valence-corrected chi connectivity index (χ3v) is 3.35. The van der Waals surface area contributed by atoms with Gasteiger partial charge in [-0.1, -0.05) is 48.5 Å². The van der Waals surface area contributed by atoms with Gasteiger partial charge in [-0.25, -0.2) is 9.38 Å². The molecule has 1 heterocycles. The summed E-state index contributed by atoms with van der Waals surface area (Å²) in [5.74, 6) is -0.282. The molecule has 1 aliphatic heterocycles. The van der Waals surface area contributed by atoms with Crippen molar-refractivity contribution >= 4 is 17.8 Å². The third kappa shape index (κ3) is 3.61. The smallest absolute Gasteiger partial charge is 0.275 e. The van der Waals surface area contributed by atoms with Crippen LogP contribution in [0.25, 0.3) is 6.08 Å². The molecule has 23 heavy (non-hydrogen) atoms. The van der Waals surface area contributed by atoms with Gasteiger partial charge in [0.05, 0.1) is 0 Å². The number of carbonyl (C=O) groups is 1. The van der Waals surface area contributed by atoms with Crippen molar-refractivity contribution in [2.24, 2.45) is 4.99 Å². The molecule has 2 aromatic rings. The van der Waals surface area contributed by atoms with Gasteiger partial charge >= 0.3 is 0 Å². The Hall–Kier alpha value is -3.01. The second kappa shape index (κ2) is 6.40. The van der Waals surface area contributed by atoms with Crippen molar-refractivity contribution in [3.63, 3.8) is 0 Å². The summed E-state index contributed by atoms with van der Waals surface area (Å²) in [7, 11) is 0. The predicted octanol–water partition coefficient (Wildman–Crippen LogP) is 3.69. The summed E-state index contributed by atoms with van der Waals surface area (Å²) in [5, 5.41) is 2.67. The van der Waals surface area contributed by atoms with Gasteiger partial charge in [-0.3, -0.25) is 4.79 Å². The molecule has 0 aromatic heterocycles. The van der Waals surface area contributed by atoms with Gasteiger partial charge in [0, 0.05) is 5.56 Å². The fraction of sp³-hybridized carbons (Fsp3) is 0.0526. The van der Waals surface area contributed by atoms with Crippen LogP contribution in [0.2, 0.25) is 0 Å². The lowest BCUT2D eigenvalue weighted by atomic mass is 10.1. The standard InChI is InChI=1S/C19H15FN2O/c1-13(10-14-6-3-2-4-7-14)11-17-19(23)22-18(21-17)15-8-5-9-16(20)12-15/h2-12H,1H3,(H,21,22,23). The molecule has 114 valence electrons. The van der Waals surface area contributed by atoms with Gasteiger partial charge in [-0.2, -0.15) is 0 Å². The molecule has 0 unspecified atom stereocenters. The molecule has 0 spiro atoms. The van der Waals surface area contributed by atoms with Crippen molar-refractivity contribution in [1.82, 2.24) is 5.32 Å². The largest absolute Gasteiger partial charge is 0.305 e. The number of aliphatic imine (C=N–C) groups is 1. The number of allylic oxidation sites excluding steroid dienone is 2. The summed E-state index contributed by atoms with van der Waals surface area (Å²) >= 11 is 0. The molecule has 0 aliphatic carbocycles. The number of nitrogens with one attached hydrogen (secondary N) is 1. The van der Waals surface area contributed by atoms with Crippen LogP contribution in [0.15, 0.2) is 76.9 Å². The molecule has 0 saturated heterocycles. The van der Waals surface area contributed by atoms with Gasteiger partial charge in [-0.05, 0) is 36.3 Å². The number of rotatable bonds is 3. The third-order valence-electron chi connectivity index (χ3n) is 3.35. The van der Waals surface area contributed by atoms with Crippen LogP contribution in [0.4, 0.5) is 4.39 Å². The molecule has 0 bridgehead atoms. The van der Waals surface area contributed by atoms with Crippen LogP contribution >= 0.6 is 0 Å². The van der Waals surface area contributed by atoms with E-state index >= 15 is 0 Å². The Labute approximate surface area is 133 Å². The van der Waals surface area contributed by atoms with Crippen LogP contribution in [0.5, 0.6) is 0 Å². The Kier molecular flexibility index (Phi) is 4.15. The number of carbonyl (C=O) groups excluding carboxylic acids is 1. The lowest BCUT2D eigenvalue weighted by molar-refractivity contribution is -0.115. The van der Waals surface area contributed by atoms with E-state index in [1.165, 1.54) is 12.1 Å². The average Bonchev–Trinajstić information content (AvgIpc) is 2.89. The molecule has 4 heteroatoms. The lowest BCUT2D eigenvalue weighted by Gasteiger charge is -1.99. The van der Waals surface area contributed by atoms with Crippen molar-refractivity contribution in [3.8, 4) is 0 Å². The maximum Gasteiger partial charge on any atom is 0.275 e. The van der Waals surface area contributed by atoms with E-state index in [0.29, 0.717) is 17.1 Å². The van der Waals surface area contributed by atoms with Gasteiger partial charge in [0.25, 0.3) is 5.91 Å². The fourth-order valence-corrected chi connectivity index (χ4v) is 2.31. The Balaban J connectivity index is 1.88. The molecule has 0 radical (unpaired) electrons. The first-order chi connectivity index (χ1) is 11.1. The number of hydrogen-bond acceptors (Lipinski definition) is 2. The Bertz CT molecular complexity index is 835. The average molecular weight is 306 g/mol. The normalized spacial score (nSPS) is 16.4. The van der Waals surface area contributed by atoms with Crippen LogP contribution in [0.1, 0.15) is 18.1 Å². The number of amidine groups is 1. The minimum Gasteiger partial charge on any atom is -0.305 e. The molecular formula is C19H15FN2O. The molecule has 3 nitrogen and oxygen atoms in total. The highest BCUT2D eigenvalue weighted by Crippen LogP contribution is 2.15. The molecule has 3 rings (SSSR count). The highest BCUT2D eigenvalue weighted by molar-refractivity contribution is 6.18. The van der Waals surface area contributed by atoms with Crippen molar-refractivity contribution in [2.75, 3.05) is 0 Å². The highest BCUT2D eigenvalue weighted by atomic mass is 19.1. The van der Waals surface area contributed by atoms with E-state index in [1.54, 1.807) is 18.2 Å². The van der Waals surface area contributed by atoms with Crippen molar-refractivity contribution in [2.45, 2.75) is 6.92 Å². The first-order valence-corrected chi connectivity index (χ1v) is 7.23. The van der Waals surface area contributed by atoms with Gasteiger partial charge in [0.15, 0.2) is 0 Å². The monoisotopic (exact) mass is 306 g/mol. The number of nitrogens with zero attached hydrogens (tertiary/aromatic N) is 1. The maximum absolute atomic E-state index is 13.3. The first kappa shape index (κ1) is 14.9. The molecule has 0 saturated carbocycles. The van der Waals surface area contributed by atoms with Gasteiger partial charge in [0.2, 0.25) is 0 Å². The molecule has 1 amide bonds. The molecule has 1 aliphatic rings. The van der Waals surface area contributed by atoms with E-state index in [0.717, 1.165) is 11.1 Å². The Morgan fingerprint density at radius 1 is 1.13 bits per heavy atom. The minimum absolute atomic E-state index is 0.287. The number of benzene rings is 2. The molecule has 1 N–H and O–H groups in total. The maximum atomic E-state index is 13.3. The summed E-state index contributed by atoms with van der Waals surface area (Å²) in [6.45, 7) is 1.91. The SMILES string of the molecule is CC(=Cc1ccccc1)C=C1N=C(c2cccc(F)c2)NC1=O. The van der Waals surface area contributed by atoms with Crippen LogP contribution in [0.3, 0.4) is 0 Å². The van der Waals surface area contributed by atoms with E-state index in [2.05, 4.69) is 10.3 Å². The summed E-state index contributed by atoms with van der Waals surface area (Å²) in [5.41, 5.74) is 2.82. The topological polar surface area (TPSA) is 41.5 Å². The number of halogens is 1. The predicted molar refractivity (Wildman–Crippen MR) is 89.3 cm³/mol. The molecule has 0 fully saturated rings. The van der Waals surface area contributed by atoms with Crippen LogP contribution in [0, 0.1) is 5.82 Å². The number of amides is 1. The van der Waals surface area contributed by atoms with Crippen molar-refractivity contribution < 1.29 is 9.18 Å². The Morgan fingerprint density at radius 3 is 2.65 bits per heavy atom. The van der Waals surface area contributed by atoms with E-state index in [4.69, 9.17) is 0 Å². The van der Waals surface area contributed by atoms with E-state index in [-0.39, 0.29) is 11.7 Å². The minimum atomic E-state index is -0.364. The van der Waals surface area contributed by atoms with Gasteiger partial charge < -0.3 is 5.32 Å². The zero-order valence-corrected chi connectivity index (χ0v) is 12.6. The second-order valence-corrected chi connectivity index (χ2v) is 5.25. The lowest BCUT2D eigenvalue weighted by Crippen LogP contribution is -2.24. The highest BCUT2D eigenvalue weighted by Gasteiger charge is 2.21. The number of hydrogen-bond donors (Lipinski definition) is 1. The van der Waals surface area contributed by atoms with Crippen molar-refractivity contribution in [3.05, 3.63) is 88.9 Å². The van der Waals surface area contributed by atoms with Crippen molar-refractivity contribution in [1.29, 1.82) is 0 Å². The summed E-state index contributed by atoms with van der Waals surface area (Å²) in [6, 6.07) is 15.8. The van der Waals surface area contributed by atoms with Gasteiger partial charge in [-0.15, -0.1) is 0 Å². The van der Waals surface area contributed by atoms with E-state index < -0.39 is 0 Å². The molecular weight excluding hydrogens is 291 g/mol. The molecule has 2 aromatic carbocycles. The summed E-state index contributed by atoms with van der Waals surface area (Å²) < 4.78 is 13.3. The fourth-order valence-electron chi connectivity index (χ4n) is 2.31. The van der Waals surface area contributed by atoms with Crippen LogP contribution in [-0.2, 0) is 4.79 Å². The second-order valence-electron chi connectivity index (χ2n) is 5.25. The quantitative estimate of drug-likeness (QED) is 0.863. The molecule has 0 atom stereocenters. The zero-order valence-electron chi connectivity index (χ0n) is 12.6. The van der Waals surface area contributed by atoms with E-state index in [9.17, 15) is 9.18 Å². The summed E-state index contributed by atoms with van der Waals surface area (Å²) in [4.78, 5) is 16.3. The van der Waals surface area contributed by atoms with Crippen LogP contribution in [-0.4, -0.2) is 11.7 Å². The zero-order chi connectivity index (χ0) is 16.2. The van der Waals surface area contributed by atoms with E-state index in [1.807, 2.05) is 43.3 Å². The van der Waals surface area contributed by atoms with Crippen LogP contribution < -0.4 is 5.32 Å². The van der Waals surface area contributed by atoms with Gasteiger partial charge in [0.1, 0.15) is 17.3 Å². The Morgan fingerprint density at radius 2 is 1.91 bits per heavy atom. The summed E-state index contributed by atoms with van der Waals surface area (Å²) in [6.07, 6.45) is 3.69.